The number of hydrogen-bond acceptors (Lipinski definition) is 8. The number of fused-ring (bicyclic) bond motifs is 3. The Morgan fingerprint density at radius 3 is 2.71 bits per heavy atom. The van der Waals surface area contributed by atoms with Gasteiger partial charge < -0.3 is 15.2 Å². The predicted molar refractivity (Wildman–Crippen MR) is 141 cm³/mol. The van der Waals surface area contributed by atoms with Crippen LogP contribution in [-0.4, -0.2) is 54.3 Å². The zero-order chi connectivity index (χ0) is 26.1. The van der Waals surface area contributed by atoms with Gasteiger partial charge >= 0.3 is 0 Å². The first-order chi connectivity index (χ1) is 18.5. The molecule has 0 atom stereocenters. The first-order valence-corrected chi connectivity index (χ1v) is 12.4. The molecule has 0 bridgehead atoms. The minimum Gasteiger partial charge on any atom is -0.487 e. The summed E-state index contributed by atoms with van der Waals surface area (Å²) in [5, 5.41) is 23.1. The van der Waals surface area contributed by atoms with Crippen LogP contribution in [0.15, 0.2) is 71.9 Å². The second kappa shape index (κ2) is 9.70. The number of ether oxygens (including phenoxy) is 1. The molecule has 38 heavy (non-hydrogen) atoms. The van der Waals surface area contributed by atoms with E-state index in [1.165, 1.54) is 6.07 Å². The van der Waals surface area contributed by atoms with E-state index in [1.807, 2.05) is 28.7 Å². The Balaban J connectivity index is 1.24. The summed E-state index contributed by atoms with van der Waals surface area (Å²) in [6.07, 6.45) is 6.19. The van der Waals surface area contributed by atoms with Crippen LogP contribution in [-0.2, 0) is 6.54 Å². The third-order valence-corrected chi connectivity index (χ3v) is 6.87. The highest BCUT2D eigenvalue weighted by molar-refractivity contribution is 5.81. The molecule has 6 rings (SSSR count). The number of aliphatic hydroxyl groups is 1. The third-order valence-electron chi connectivity index (χ3n) is 6.87. The Labute approximate surface area is 217 Å². The number of piperidine rings is 1. The van der Waals surface area contributed by atoms with Crippen molar-refractivity contribution in [3.05, 3.63) is 88.6 Å². The van der Waals surface area contributed by atoms with E-state index < -0.39 is 5.60 Å². The number of nitrogens with one attached hydrogen (secondary N) is 1. The molecule has 3 aromatic heterocycles. The smallest absolute Gasteiger partial charge is 0.255 e. The molecule has 0 spiro atoms. The zero-order valence-electron chi connectivity index (χ0n) is 20.5. The van der Waals surface area contributed by atoms with Crippen LogP contribution in [0.2, 0.25) is 0 Å². The second-order valence-electron chi connectivity index (χ2n) is 9.54. The lowest BCUT2D eigenvalue weighted by molar-refractivity contribution is -0.0287. The average Bonchev–Trinajstić information content (AvgIpc) is 3.32. The van der Waals surface area contributed by atoms with Gasteiger partial charge in [-0.3, -0.25) is 13.8 Å². The van der Waals surface area contributed by atoms with Gasteiger partial charge in [0.05, 0.1) is 41.6 Å². The van der Waals surface area contributed by atoms with Gasteiger partial charge in [0.25, 0.3) is 5.56 Å². The molecular weight excluding hydrogens is 482 g/mol. The van der Waals surface area contributed by atoms with Gasteiger partial charge in [0.2, 0.25) is 5.78 Å². The van der Waals surface area contributed by atoms with Crippen molar-refractivity contribution < 1.29 is 9.84 Å². The van der Waals surface area contributed by atoms with Gasteiger partial charge in [-0.2, -0.15) is 5.26 Å². The van der Waals surface area contributed by atoms with Crippen molar-refractivity contribution in [2.24, 2.45) is 0 Å². The Bertz CT molecular complexity index is 1730. The van der Waals surface area contributed by atoms with Crippen molar-refractivity contribution in [2.45, 2.75) is 25.0 Å². The molecule has 190 valence electrons. The molecule has 0 unspecified atom stereocenters. The van der Waals surface area contributed by atoms with Gasteiger partial charge in [-0.25, -0.2) is 15.0 Å². The fraction of sp³-hybridized carbons (Fsp3) is 0.250. The van der Waals surface area contributed by atoms with E-state index in [0.29, 0.717) is 47.8 Å². The summed E-state index contributed by atoms with van der Waals surface area (Å²) in [5.41, 5.74) is 2.69. The second-order valence-corrected chi connectivity index (χ2v) is 9.54. The SMILES string of the molecule is N#Cc1ccc2nc3n(Cc4cccc(-c5ncc(OCC6(O)CCNCC6)cn5)c4)c(=O)ccn3c2c1. The topological polar surface area (TPSA) is 130 Å². The zero-order valence-corrected chi connectivity index (χ0v) is 20.5. The minimum absolute atomic E-state index is 0.174. The highest BCUT2D eigenvalue weighted by atomic mass is 16.5. The van der Waals surface area contributed by atoms with Crippen LogP contribution < -0.4 is 15.6 Å². The number of nitriles is 1. The van der Waals surface area contributed by atoms with E-state index in [0.717, 1.165) is 29.7 Å². The summed E-state index contributed by atoms with van der Waals surface area (Å²) in [4.78, 5) is 26.4. The van der Waals surface area contributed by atoms with Gasteiger partial charge in [-0.05, 0) is 55.8 Å². The number of imidazole rings is 1. The van der Waals surface area contributed by atoms with Crippen molar-refractivity contribution in [2.75, 3.05) is 19.7 Å². The van der Waals surface area contributed by atoms with E-state index in [9.17, 15) is 15.2 Å². The minimum atomic E-state index is -0.835. The molecule has 1 aliphatic rings. The maximum Gasteiger partial charge on any atom is 0.255 e. The van der Waals surface area contributed by atoms with Crippen molar-refractivity contribution in [3.63, 3.8) is 0 Å². The molecule has 1 aliphatic heterocycles. The molecule has 0 radical (unpaired) electrons. The normalized spacial score (nSPS) is 14.9. The molecule has 5 aromatic rings. The average molecular weight is 508 g/mol. The van der Waals surface area contributed by atoms with Crippen LogP contribution in [0.25, 0.3) is 28.2 Å². The van der Waals surface area contributed by atoms with Crippen LogP contribution in [0, 0.1) is 11.3 Å². The molecule has 10 heteroatoms. The summed E-state index contributed by atoms with van der Waals surface area (Å²) in [6.45, 7) is 2.05. The van der Waals surface area contributed by atoms with Crippen LogP contribution in [0.4, 0.5) is 0 Å². The van der Waals surface area contributed by atoms with Crippen molar-refractivity contribution in [3.8, 4) is 23.2 Å². The third kappa shape index (κ3) is 4.61. The maximum absolute atomic E-state index is 12.8. The first kappa shape index (κ1) is 23.8. The molecule has 10 nitrogen and oxygen atoms in total. The number of aromatic nitrogens is 5. The summed E-state index contributed by atoms with van der Waals surface area (Å²) in [7, 11) is 0. The van der Waals surface area contributed by atoms with Crippen LogP contribution in [0.5, 0.6) is 5.75 Å². The van der Waals surface area contributed by atoms with Gasteiger partial charge in [0.15, 0.2) is 11.6 Å². The van der Waals surface area contributed by atoms with Crippen molar-refractivity contribution >= 4 is 16.8 Å². The van der Waals surface area contributed by atoms with Crippen molar-refractivity contribution in [1.82, 2.24) is 29.2 Å². The quantitative estimate of drug-likeness (QED) is 0.359. The maximum atomic E-state index is 12.8. The van der Waals surface area contributed by atoms with E-state index in [1.54, 1.807) is 41.4 Å². The Morgan fingerprint density at radius 1 is 1.11 bits per heavy atom. The lowest BCUT2D eigenvalue weighted by atomic mass is 9.94. The van der Waals surface area contributed by atoms with E-state index >= 15 is 0 Å². The molecule has 2 aromatic carbocycles. The number of rotatable bonds is 6. The predicted octanol–water partition coefficient (Wildman–Crippen LogP) is 2.52. The van der Waals surface area contributed by atoms with Gasteiger partial charge in [-0.1, -0.05) is 18.2 Å². The Morgan fingerprint density at radius 2 is 1.92 bits per heavy atom. The molecule has 1 fully saturated rings. The highest BCUT2D eigenvalue weighted by Crippen LogP contribution is 2.23. The van der Waals surface area contributed by atoms with Gasteiger partial charge in [-0.15, -0.1) is 0 Å². The fourth-order valence-electron chi connectivity index (χ4n) is 4.75. The van der Waals surface area contributed by atoms with E-state index in [2.05, 4.69) is 26.3 Å². The standard InChI is InChI=1S/C28H25N7O3/c29-14-19-4-5-23-24(13-19)34-11-6-25(36)35(27(34)33-23)17-20-2-1-3-21(12-20)26-31-15-22(16-32-26)38-18-28(37)7-9-30-10-8-28/h1-6,11-13,15-16,30,37H,7-10,17-18H2. The summed E-state index contributed by atoms with van der Waals surface area (Å²) in [6, 6.07) is 16.6. The number of nitrogens with zero attached hydrogens (tertiary/aromatic N) is 6. The van der Waals surface area contributed by atoms with Crippen LogP contribution in [0.3, 0.4) is 0 Å². The molecular formula is C28H25N7O3. The summed E-state index contributed by atoms with van der Waals surface area (Å²) >= 11 is 0. The molecule has 1 saturated heterocycles. The van der Waals surface area contributed by atoms with Gasteiger partial charge in [0.1, 0.15) is 12.2 Å². The Kier molecular flexibility index (Phi) is 6.07. The number of hydrogen-bond donors (Lipinski definition) is 2. The summed E-state index contributed by atoms with van der Waals surface area (Å²) < 4.78 is 9.20. The van der Waals surface area contributed by atoms with Crippen LogP contribution in [0.1, 0.15) is 24.0 Å². The number of benzene rings is 2. The summed E-state index contributed by atoms with van der Waals surface area (Å²) in [5.74, 6) is 1.53. The molecule has 4 heterocycles. The van der Waals surface area contributed by atoms with Gasteiger partial charge in [0, 0.05) is 17.8 Å². The lowest BCUT2D eigenvalue weighted by Gasteiger charge is -2.32. The van der Waals surface area contributed by atoms with Crippen LogP contribution >= 0.6 is 0 Å². The Hall–Kier alpha value is -4.59. The molecule has 0 amide bonds. The lowest BCUT2D eigenvalue weighted by Crippen LogP contribution is -2.45. The monoisotopic (exact) mass is 507 g/mol. The highest BCUT2D eigenvalue weighted by Gasteiger charge is 2.30. The van der Waals surface area contributed by atoms with E-state index in [4.69, 9.17) is 4.74 Å². The first-order valence-electron chi connectivity index (χ1n) is 12.4. The van der Waals surface area contributed by atoms with E-state index in [-0.39, 0.29) is 12.2 Å². The largest absolute Gasteiger partial charge is 0.487 e. The molecule has 2 N–H and O–H groups in total. The molecule has 0 saturated carbocycles. The van der Waals surface area contributed by atoms with Crippen molar-refractivity contribution in [1.29, 1.82) is 5.26 Å². The fourth-order valence-corrected chi connectivity index (χ4v) is 4.75. The molecule has 0 aliphatic carbocycles.